The fraction of sp³-hybridized carbons (Fsp3) is 0.278. The molecule has 1 amide bonds. The summed E-state index contributed by atoms with van der Waals surface area (Å²) < 4.78 is 10.8. The number of ether oxygens (including phenoxy) is 2. The van der Waals surface area contributed by atoms with Crippen molar-refractivity contribution in [3.63, 3.8) is 0 Å². The highest BCUT2D eigenvalue weighted by atomic mass is 16.5. The Morgan fingerprint density at radius 1 is 1.14 bits per heavy atom. The van der Waals surface area contributed by atoms with E-state index in [0.29, 0.717) is 19.6 Å². The lowest BCUT2D eigenvalue weighted by Gasteiger charge is -2.10. The molecule has 116 valence electrons. The molecular weight excluding hydrogens is 278 g/mol. The zero-order valence-electron chi connectivity index (χ0n) is 13.0. The molecule has 0 radical (unpaired) electrons. The van der Waals surface area contributed by atoms with Crippen molar-refractivity contribution >= 4 is 5.91 Å². The van der Waals surface area contributed by atoms with E-state index in [9.17, 15) is 4.79 Å². The standard InChI is InChI=1S/C18H21NO3/c1-14-6-5-8-16(12-14)22-11-10-18(20)19-13-15-7-3-4-9-17(15)21-2/h3-9,12H,10-11,13H2,1-2H3,(H,19,20). The maximum Gasteiger partial charge on any atom is 0.223 e. The van der Waals surface area contributed by atoms with E-state index in [1.165, 1.54) is 0 Å². The van der Waals surface area contributed by atoms with Crippen molar-refractivity contribution in [2.24, 2.45) is 0 Å². The molecule has 22 heavy (non-hydrogen) atoms. The van der Waals surface area contributed by atoms with Crippen molar-refractivity contribution in [1.82, 2.24) is 5.32 Å². The molecule has 4 heteroatoms. The molecule has 0 aliphatic carbocycles. The van der Waals surface area contributed by atoms with Gasteiger partial charge in [-0.3, -0.25) is 4.79 Å². The monoisotopic (exact) mass is 299 g/mol. The van der Waals surface area contributed by atoms with E-state index in [0.717, 1.165) is 22.6 Å². The maximum absolute atomic E-state index is 11.8. The number of carbonyl (C=O) groups excluding carboxylic acids is 1. The second-order valence-corrected chi connectivity index (χ2v) is 5.00. The predicted octanol–water partition coefficient (Wildman–Crippen LogP) is 3.09. The lowest BCUT2D eigenvalue weighted by atomic mass is 10.2. The third kappa shape index (κ3) is 4.81. The number of benzene rings is 2. The summed E-state index contributed by atoms with van der Waals surface area (Å²) in [5.74, 6) is 1.52. The molecule has 0 spiro atoms. The Morgan fingerprint density at radius 3 is 2.73 bits per heavy atom. The molecule has 2 rings (SSSR count). The van der Waals surface area contributed by atoms with Crippen LogP contribution in [-0.2, 0) is 11.3 Å². The van der Waals surface area contributed by atoms with Crippen LogP contribution in [-0.4, -0.2) is 19.6 Å². The average molecular weight is 299 g/mol. The molecule has 0 bridgehead atoms. The van der Waals surface area contributed by atoms with Gasteiger partial charge in [0.1, 0.15) is 11.5 Å². The van der Waals surface area contributed by atoms with E-state index in [2.05, 4.69) is 5.32 Å². The highest BCUT2D eigenvalue weighted by molar-refractivity contribution is 5.76. The third-order valence-electron chi connectivity index (χ3n) is 3.26. The Hall–Kier alpha value is -2.49. The quantitative estimate of drug-likeness (QED) is 0.854. The fourth-order valence-electron chi connectivity index (χ4n) is 2.10. The molecule has 2 aromatic rings. The van der Waals surface area contributed by atoms with Crippen LogP contribution in [0.3, 0.4) is 0 Å². The molecule has 0 aliphatic heterocycles. The minimum absolute atomic E-state index is 0.0430. The largest absolute Gasteiger partial charge is 0.496 e. The van der Waals surface area contributed by atoms with Gasteiger partial charge in [-0.25, -0.2) is 0 Å². The first-order valence-electron chi connectivity index (χ1n) is 7.27. The zero-order valence-corrected chi connectivity index (χ0v) is 13.0. The third-order valence-corrected chi connectivity index (χ3v) is 3.26. The van der Waals surface area contributed by atoms with Gasteiger partial charge in [-0.1, -0.05) is 30.3 Å². The number of aryl methyl sites for hydroxylation is 1. The van der Waals surface area contributed by atoms with E-state index in [4.69, 9.17) is 9.47 Å². The van der Waals surface area contributed by atoms with Crippen molar-refractivity contribution in [2.75, 3.05) is 13.7 Å². The average Bonchev–Trinajstić information content (AvgIpc) is 2.53. The van der Waals surface area contributed by atoms with Crippen molar-refractivity contribution in [3.8, 4) is 11.5 Å². The van der Waals surface area contributed by atoms with Gasteiger partial charge in [-0.05, 0) is 30.7 Å². The van der Waals surface area contributed by atoms with Gasteiger partial charge < -0.3 is 14.8 Å². The Morgan fingerprint density at radius 2 is 1.95 bits per heavy atom. The summed E-state index contributed by atoms with van der Waals surface area (Å²) in [5.41, 5.74) is 2.09. The highest BCUT2D eigenvalue weighted by Crippen LogP contribution is 2.16. The molecule has 1 N–H and O–H groups in total. The van der Waals surface area contributed by atoms with Crippen LogP contribution in [0.15, 0.2) is 48.5 Å². The van der Waals surface area contributed by atoms with Crippen LogP contribution >= 0.6 is 0 Å². The van der Waals surface area contributed by atoms with Crippen LogP contribution in [0.2, 0.25) is 0 Å². The SMILES string of the molecule is COc1ccccc1CNC(=O)CCOc1cccc(C)c1. The van der Waals surface area contributed by atoms with Gasteiger partial charge in [0.05, 0.1) is 20.1 Å². The molecule has 0 saturated heterocycles. The molecule has 2 aromatic carbocycles. The first-order valence-corrected chi connectivity index (χ1v) is 7.27. The molecule has 0 aliphatic rings. The fourth-order valence-corrected chi connectivity index (χ4v) is 2.10. The van der Waals surface area contributed by atoms with Crippen LogP contribution in [0.4, 0.5) is 0 Å². The number of methoxy groups -OCH3 is 1. The van der Waals surface area contributed by atoms with Gasteiger partial charge in [0.2, 0.25) is 5.91 Å². The van der Waals surface area contributed by atoms with Crippen LogP contribution in [0.5, 0.6) is 11.5 Å². The first kappa shape index (κ1) is 15.9. The number of hydrogen-bond donors (Lipinski definition) is 1. The number of para-hydroxylation sites is 1. The number of rotatable bonds is 7. The highest BCUT2D eigenvalue weighted by Gasteiger charge is 2.05. The van der Waals surface area contributed by atoms with Gasteiger partial charge in [0.25, 0.3) is 0 Å². The Kier molecular flexibility index (Phi) is 5.83. The normalized spacial score (nSPS) is 10.1. The molecule has 0 aromatic heterocycles. The van der Waals surface area contributed by atoms with Crippen LogP contribution < -0.4 is 14.8 Å². The van der Waals surface area contributed by atoms with E-state index in [-0.39, 0.29) is 5.91 Å². The number of nitrogens with one attached hydrogen (secondary N) is 1. The molecule has 4 nitrogen and oxygen atoms in total. The Balaban J connectivity index is 1.74. The summed E-state index contributed by atoms with van der Waals surface area (Å²) in [4.78, 5) is 11.8. The summed E-state index contributed by atoms with van der Waals surface area (Å²) in [5, 5.41) is 2.87. The smallest absolute Gasteiger partial charge is 0.223 e. The molecular formula is C18H21NO3. The lowest BCUT2D eigenvalue weighted by molar-refractivity contribution is -0.121. The first-order chi connectivity index (χ1) is 10.7. The lowest BCUT2D eigenvalue weighted by Crippen LogP contribution is -2.24. The molecule has 0 saturated carbocycles. The second kappa shape index (κ2) is 8.08. The van der Waals surface area contributed by atoms with Gasteiger partial charge in [0.15, 0.2) is 0 Å². The van der Waals surface area contributed by atoms with Crippen molar-refractivity contribution in [2.45, 2.75) is 19.9 Å². The minimum Gasteiger partial charge on any atom is -0.496 e. The summed E-state index contributed by atoms with van der Waals surface area (Å²) >= 11 is 0. The Labute approximate surface area is 131 Å². The van der Waals surface area contributed by atoms with Crippen molar-refractivity contribution in [3.05, 3.63) is 59.7 Å². The number of hydrogen-bond acceptors (Lipinski definition) is 3. The number of carbonyl (C=O) groups is 1. The molecule has 0 atom stereocenters. The minimum atomic E-state index is -0.0430. The van der Waals surface area contributed by atoms with E-state index >= 15 is 0 Å². The molecule has 0 fully saturated rings. The van der Waals surface area contributed by atoms with Gasteiger partial charge in [-0.2, -0.15) is 0 Å². The summed E-state index contributed by atoms with van der Waals surface area (Å²) in [6.45, 7) is 2.82. The van der Waals surface area contributed by atoms with Crippen molar-refractivity contribution in [1.29, 1.82) is 0 Å². The number of amides is 1. The molecule has 0 unspecified atom stereocenters. The van der Waals surface area contributed by atoms with Crippen LogP contribution in [0.25, 0.3) is 0 Å². The van der Waals surface area contributed by atoms with Gasteiger partial charge in [-0.15, -0.1) is 0 Å². The van der Waals surface area contributed by atoms with E-state index < -0.39 is 0 Å². The van der Waals surface area contributed by atoms with Crippen LogP contribution in [0.1, 0.15) is 17.5 Å². The topological polar surface area (TPSA) is 47.6 Å². The zero-order chi connectivity index (χ0) is 15.8. The molecule has 0 heterocycles. The maximum atomic E-state index is 11.8. The van der Waals surface area contributed by atoms with Gasteiger partial charge in [0, 0.05) is 12.1 Å². The summed E-state index contributed by atoms with van der Waals surface area (Å²) in [7, 11) is 1.62. The van der Waals surface area contributed by atoms with E-state index in [1.807, 2.05) is 55.5 Å². The summed E-state index contributed by atoms with van der Waals surface area (Å²) in [6.07, 6.45) is 0.323. The Bertz CT molecular complexity index is 625. The van der Waals surface area contributed by atoms with Gasteiger partial charge >= 0.3 is 0 Å². The summed E-state index contributed by atoms with van der Waals surface area (Å²) in [6, 6.07) is 15.4. The predicted molar refractivity (Wildman–Crippen MR) is 86.1 cm³/mol. The van der Waals surface area contributed by atoms with Crippen LogP contribution in [0, 0.1) is 6.92 Å². The second-order valence-electron chi connectivity index (χ2n) is 5.00. The van der Waals surface area contributed by atoms with E-state index in [1.54, 1.807) is 7.11 Å². The van der Waals surface area contributed by atoms with Crippen molar-refractivity contribution < 1.29 is 14.3 Å².